The molecule has 0 unspecified atom stereocenters. The summed E-state index contributed by atoms with van der Waals surface area (Å²) >= 11 is 5.97. The van der Waals surface area contributed by atoms with Crippen LogP contribution in [0.2, 0.25) is 5.02 Å². The van der Waals surface area contributed by atoms with Crippen LogP contribution in [0, 0.1) is 11.3 Å². The summed E-state index contributed by atoms with van der Waals surface area (Å²) < 4.78 is 12.4. The molecular weight excluding hydrogens is 352 g/mol. The van der Waals surface area contributed by atoms with Crippen LogP contribution < -0.4 is 15.2 Å². The van der Waals surface area contributed by atoms with Gasteiger partial charge in [-0.05, 0) is 35.4 Å². The number of anilines is 1. The Balaban J connectivity index is 1.78. The third-order valence-electron chi connectivity index (χ3n) is 3.83. The molecule has 26 heavy (non-hydrogen) atoms. The maximum absolute atomic E-state index is 9.39. The van der Waals surface area contributed by atoms with Crippen LogP contribution in [0.3, 0.4) is 0 Å². The number of nitrogens with two attached hydrogens (primary N) is 1. The van der Waals surface area contributed by atoms with Gasteiger partial charge in [-0.15, -0.1) is 5.10 Å². The topological polar surface area (TPSA) is 86.1 Å². The lowest BCUT2D eigenvalue weighted by molar-refractivity contribution is 0.289. The van der Waals surface area contributed by atoms with Crippen molar-refractivity contribution < 1.29 is 9.47 Å². The largest absolute Gasteiger partial charge is 0.497 e. The molecular formula is C19H17ClN4O2. The van der Waals surface area contributed by atoms with E-state index >= 15 is 0 Å². The summed E-state index contributed by atoms with van der Waals surface area (Å²) in [4.78, 5) is 0. The van der Waals surface area contributed by atoms with Crippen LogP contribution >= 0.6 is 11.6 Å². The molecule has 0 aliphatic rings. The van der Waals surface area contributed by atoms with Crippen LogP contribution in [0.5, 0.6) is 11.6 Å². The highest BCUT2D eigenvalue weighted by Gasteiger charge is 2.17. The van der Waals surface area contributed by atoms with E-state index in [0.717, 1.165) is 16.9 Å². The molecule has 0 aliphatic carbocycles. The van der Waals surface area contributed by atoms with E-state index in [-0.39, 0.29) is 23.9 Å². The Morgan fingerprint density at radius 3 is 2.62 bits per heavy atom. The number of nitrogen functional groups attached to an aromatic ring is 1. The first-order chi connectivity index (χ1) is 12.6. The van der Waals surface area contributed by atoms with E-state index in [4.69, 9.17) is 26.8 Å². The standard InChI is InChI=1S/C19H17ClN4O2/c1-25-16-7-5-13(6-8-16)11-24-18(22)17(10-21)19(23-24)26-12-14-3-2-4-15(20)9-14/h2-9H,11-12,22H2,1H3. The predicted octanol–water partition coefficient (Wildman–Crippen LogP) is 3.63. The predicted molar refractivity (Wildman–Crippen MR) is 99.2 cm³/mol. The minimum Gasteiger partial charge on any atom is -0.497 e. The summed E-state index contributed by atoms with van der Waals surface area (Å²) in [6, 6.07) is 16.9. The molecule has 0 amide bonds. The van der Waals surface area contributed by atoms with E-state index in [1.807, 2.05) is 36.4 Å². The van der Waals surface area contributed by atoms with E-state index in [1.54, 1.807) is 23.9 Å². The number of halogens is 1. The number of nitrogens with zero attached hydrogens (tertiary/aromatic N) is 3. The Morgan fingerprint density at radius 2 is 1.96 bits per heavy atom. The summed E-state index contributed by atoms with van der Waals surface area (Å²) in [5.74, 6) is 1.24. The van der Waals surface area contributed by atoms with E-state index in [2.05, 4.69) is 11.2 Å². The van der Waals surface area contributed by atoms with Crippen molar-refractivity contribution in [3.63, 3.8) is 0 Å². The van der Waals surface area contributed by atoms with Crippen molar-refractivity contribution in [2.75, 3.05) is 12.8 Å². The number of benzene rings is 2. The minimum atomic E-state index is 0.207. The fourth-order valence-electron chi connectivity index (χ4n) is 2.46. The van der Waals surface area contributed by atoms with Crippen molar-refractivity contribution in [2.45, 2.75) is 13.2 Å². The number of rotatable bonds is 6. The van der Waals surface area contributed by atoms with Gasteiger partial charge < -0.3 is 15.2 Å². The quantitative estimate of drug-likeness (QED) is 0.718. The molecule has 2 aromatic carbocycles. The van der Waals surface area contributed by atoms with Crippen LogP contribution in [0.25, 0.3) is 0 Å². The molecule has 3 aromatic rings. The molecule has 7 heteroatoms. The molecule has 6 nitrogen and oxygen atoms in total. The van der Waals surface area contributed by atoms with Gasteiger partial charge in [0.1, 0.15) is 24.2 Å². The fourth-order valence-corrected chi connectivity index (χ4v) is 2.67. The summed E-state index contributed by atoms with van der Waals surface area (Å²) in [6.45, 7) is 0.666. The van der Waals surface area contributed by atoms with Crippen LogP contribution in [0.15, 0.2) is 48.5 Å². The van der Waals surface area contributed by atoms with E-state index < -0.39 is 0 Å². The Kier molecular flexibility index (Phi) is 5.30. The SMILES string of the molecule is COc1ccc(Cn2nc(OCc3cccc(Cl)c3)c(C#N)c2N)cc1. The molecule has 1 aromatic heterocycles. The molecule has 1 heterocycles. The molecule has 0 saturated carbocycles. The summed E-state index contributed by atoms with van der Waals surface area (Å²) in [6.07, 6.45) is 0. The highest BCUT2D eigenvalue weighted by atomic mass is 35.5. The first-order valence-electron chi connectivity index (χ1n) is 7.87. The van der Waals surface area contributed by atoms with E-state index in [0.29, 0.717) is 11.6 Å². The number of aromatic nitrogens is 2. The Labute approximate surface area is 156 Å². The summed E-state index contributed by atoms with van der Waals surface area (Å²) in [5.41, 5.74) is 8.14. The van der Waals surface area contributed by atoms with Gasteiger partial charge in [-0.1, -0.05) is 35.9 Å². The lowest BCUT2D eigenvalue weighted by Gasteiger charge is -2.05. The molecule has 3 rings (SSSR count). The second-order valence-electron chi connectivity index (χ2n) is 5.60. The maximum Gasteiger partial charge on any atom is 0.253 e. The molecule has 0 radical (unpaired) electrons. The molecule has 132 valence electrons. The van der Waals surface area contributed by atoms with Crippen molar-refractivity contribution in [1.29, 1.82) is 5.26 Å². The Morgan fingerprint density at radius 1 is 1.19 bits per heavy atom. The number of hydrogen-bond acceptors (Lipinski definition) is 5. The van der Waals surface area contributed by atoms with Gasteiger partial charge in [-0.25, -0.2) is 4.68 Å². The van der Waals surface area contributed by atoms with Crippen molar-refractivity contribution in [3.05, 3.63) is 70.2 Å². The van der Waals surface area contributed by atoms with Gasteiger partial charge in [0.15, 0.2) is 5.56 Å². The molecule has 0 saturated heterocycles. The van der Waals surface area contributed by atoms with E-state index in [1.165, 1.54) is 0 Å². The second kappa shape index (κ2) is 7.81. The van der Waals surface area contributed by atoms with Crippen molar-refractivity contribution in [3.8, 4) is 17.7 Å². The minimum absolute atomic E-state index is 0.207. The average molecular weight is 369 g/mol. The van der Waals surface area contributed by atoms with Crippen molar-refractivity contribution >= 4 is 17.4 Å². The van der Waals surface area contributed by atoms with Crippen molar-refractivity contribution in [1.82, 2.24) is 9.78 Å². The molecule has 0 aliphatic heterocycles. The third kappa shape index (κ3) is 3.90. The monoisotopic (exact) mass is 368 g/mol. The lowest BCUT2D eigenvalue weighted by Crippen LogP contribution is -2.06. The van der Waals surface area contributed by atoms with Crippen molar-refractivity contribution in [2.24, 2.45) is 0 Å². The van der Waals surface area contributed by atoms with Gasteiger partial charge in [0.2, 0.25) is 0 Å². The molecule has 0 spiro atoms. The zero-order valence-electron chi connectivity index (χ0n) is 14.1. The van der Waals surface area contributed by atoms with Crippen LogP contribution in [-0.4, -0.2) is 16.9 Å². The van der Waals surface area contributed by atoms with Gasteiger partial charge in [-0.2, -0.15) is 5.26 Å². The number of methoxy groups -OCH3 is 1. The summed E-state index contributed by atoms with van der Waals surface area (Å²) in [5, 5.41) is 14.3. The molecule has 0 fully saturated rings. The first-order valence-corrected chi connectivity index (χ1v) is 8.25. The third-order valence-corrected chi connectivity index (χ3v) is 4.06. The fraction of sp³-hybridized carbons (Fsp3) is 0.158. The lowest BCUT2D eigenvalue weighted by atomic mass is 10.2. The normalized spacial score (nSPS) is 10.3. The molecule has 2 N–H and O–H groups in total. The zero-order valence-corrected chi connectivity index (χ0v) is 14.9. The average Bonchev–Trinajstić information content (AvgIpc) is 2.95. The molecule has 0 atom stereocenters. The smallest absolute Gasteiger partial charge is 0.253 e. The van der Waals surface area contributed by atoms with Gasteiger partial charge in [0, 0.05) is 5.02 Å². The first kappa shape index (κ1) is 17.6. The van der Waals surface area contributed by atoms with Crippen LogP contribution in [0.4, 0.5) is 5.82 Å². The zero-order chi connectivity index (χ0) is 18.5. The second-order valence-corrected chi connectivity index (χ2v) is 6.04. The number of nitriles is 1. The van der Waals surface area contributed by atoms with Crippen LogP contribution in [0.1, 0.15) is 16.7 Å². The number of ether oxygens (including phenoxy) is 2. The van der Waals surface area contributed by atoms with Gasteiger partial charge in [-0.3, -0.25) is 0 Å². The maximum atomic E-state index is 9.39. The highest BCUT2D eigenvalue weighted by Crippen LogP contribution is 2.25. The Bertz CT molecular complexity index is 945. The highest BCUT2D eigenvalue weighted by molar-refractivity contribution is 6.30. The van der Waals surface area contributed by atoms with Gasteiger partial charge >= 0.3 is 0 Å². The summed E-state index contributed by atoms with van der Waals surface area (Å²) in [7, 11) is 1.61. The molecule has 0 bridgehead atoms. The van der Waals surface area contributed by atoms with Gasteiger partial charge in [0.05, 0.1) is 13.7 Å². The van der Waals surface area contributed by atoms with Crippen LogP contribution in [-0.2, 0) is 13.2 Å². The Hall–Kier alpha value is -3.17. The number of hydrogen-bond donors (Lipinski definition) is 1. The van der Waals surface area contributed by atoms with E-state index in [9.17, 15) is 5.26 Å². The van der Waals surface area contributed by atoms with Gasteiger partial charge in [0.25, 0.3) is 5.88 Å².